The van der Waals surface area contributed by atoms with Crippen molar-refractivity contribution in [3.63, 3.8) is 0 Å². The second kappa shape index (κ2) is 4.31. The molecule has 0 aliphatic heterocycles. The minimum absolute atomic E-state index is 0.0175. The molecule has 1 heterocycles. The highest BCUT2D eigenvalue weighted by Gasteiger charge is 2.02. The van der Waals surface area contributed by atoms with Crippen LogP contribution in [-0.4, -0.2) is 16.0 Å². The molecule has 0 aromatic carbocycles. The topological polar surface area (TPSA) is 63.8 Å². The van der Waals surface area contributed by atoms with Crippen LogP contribution in [0.2, 0.25) is 0 Å². The fourth-order valence-electron chi connectivity index (χ4n) is 0.891. The van der Waals surface area contributed by atoms with E-state index in [2.05, 4.69) is 21.2 Å². The van der Waals surface area contributed by atoms with Gasteiger partial charge in [0.15, 0.2) is 0 Å². The van der Waals surface area contributed by atoms with Crippen LogP contribution in [0.25, 0.3) is 0 Å². The molecule has 0 saturated carbocycles. The van der Waals surface area contributed by atoms with Crippen LogP contribution in [0.15, 0.2) is 12.4 Å². The number of anilines is 2. The minimum atomic E-state index is -0.0175. The molecule has 1 unspecified atom stereocenters. The molecule has 1 aromatic heterocycles. The third-order valence-electron chi connectivity index (χ3n) is 1.58. The lowest BCUT2D eigenvalue weighted by Gasteiger charge is -2.10. The summed E-state index contributed by atoms with van der Waals surface area (Å²) in [6.07, 6.45) is 9.20. The van der Waals surface area contributed by atoms with Gasteiger partial charge >= 0.3 is 0 Å². The molecule has 13 heavy (non-hydrogen) atoms. The van der Waals surface area contributed by atoms with Crippen molar-refractivity contribution in [3.8, 4) is 12.3 Å². The predicted molar refractivity (Wildman–Crippen MR) is 53.0 cm³/mol. The molecule has 1 atom stereocenters. The third kappa shape index (κ3) is 2.64. The number of nitrogens with zero attached hydrogens (tertiary/aromatic N) is 2. The van der Waals surface area contributed by atoms with Crippen LogP contribution < -0.4 is 11.1 Å². The zero-order valence-corrected chi connectivity index (χ0v) is 7.49. The SMILES string of the molecule is C#CC(CC)Nc1cncc(N)n1. The summed E-state index contributed by atoms with van der Waals surface area (Å²) in [7, 11) is 0. The first-order chi connectivity index (χ1) is 6.26. The van der Waals surface area contributed by atoms with Crippen molar-refractivity contribution in [1.82, 2.24) is 9.97 Å². The number of nitrogens with one attached hydrogen (secondary N) is 1. The van der Waals surface area contributed by atoms with E-state index in [0.29, 0.717) is 11.6 Å². The van der Waals surface area contributed by atoms with E-state index in [9.17, 15) is 0 Å². The largest absolute Gasteiger partial charge is 0.382 e. The number of hydrogen-bond acceptors (Lipinski definition) is 4. The fraction of sp³-hybridized carbons (Fsp3) is 0.333. The summed E-state index contributed by atoms with van der Waals surface area (Å²) < 4.78 is 0. The second-order valence-corrected chi connectivity index (χ2v) is 2.60. The summed E-state index contributed by atoms with van der Waals surface area (Å²) in [5, 5.41) is 3.03. The Hall–Kier alpha value is -1.76. The van der Waals surface area contributed by atoms with Gasteiger partial charge in [-0.25, -0.2) is 4.98 Å². The molecule has 4 nitrogen and oxygen atoms in total. The predicted octanol–water partition coefficient (Wildman–Crippen LogP) is 0.883. The first-order valence-electron chi connectivity index (χ1n) is 4.06. The van der Waals surface area contributed by atoms with Gasteiger partial charge in [-0.1, -0.05) is 12.8 Å². The molecule has 0 spiro atoms. The quantitative estimate of drug-likeness (QED) is 0.671. The average Bonchev–Trinajstić information content (AvgIpc) is 2.14. The average molecular weight is 176 g/mol. The summed E-state index contributed by atoms with van der Waals surface area (Å²) in [4.78, 5) is 7.90. The van der Waals surface area contributed by atoms with Crippen molar-refractivity contribution in [2.24, 2.45) is 0 Å². The minimum Gasteiger partial charge on any atom is -0.382 e. The highest BCUT2D eigenvalue weighted by Crippen LogP contribution is 2.05. The number of aromatic nitrogens is 2. The molecule has 0 aliphatic rings. The van der Waals surface area contributed by atoms with Crippen LogP contribution >= 0.6 is 0 Å². The van der Waals surface area contributed by atoms with E-state index in [-0.39, 0.29) is 6.04 Å². The van der Waals surface area contributed by atoms with Gasteiger partial charge in [-0.15, -0.1) is 6.42 Å². The molecule has 1 aromatic rings. The summed E-state index contributed by atoms with van der Waals surface area (Å²) in [6.45, 7) is 2.00. The van der Waals surface area contributed by atoms with Gasteiger partial charge in [-0.2, -0.15) is 0 Å². The van der Waals surface area contributed by atoms with Crippen molar-refractivity contribution >= 4 is 11.6 Å². The maximum Gasteiger partial charge on any atom is 0.147 e. The molecule has 1 rings (SSSR count). The van der Waals surface area contributed by atoms with Crippen molar-refractivity contribution in [2.75, 3.05) is 11.1 Å². The lowest BCUT2D eigenvalue weighted by molar-refractivity contribution is 0.849. The molecule has 68 valence electrons. The maximum absolute atomic E-state index is 5.45. The number of terminal acetylenes is 1. The van der Waals surface area contributed by atoms with E-state index in [1.807, 2.05) is 6.92 Å². The first kappa shape index (κ1) is 9.33. The van der Waals surface area contributed by atoms with Gasteiger partial charge < -0.3 is 11.1 Å². The third-order valence-corrected chi connectivity index (χ3v) is 1.58. The molecule has 0 amide bonds. The molecule has 0 fully saturated rings. The zero-order valence-electron chi connectivity index (χ0n) is 7.49. The molecular formula is C9H12N4. The first-order valence-corrected chi connectivity index (χ1v) is 4.06. The number of nitrogens with two attached hydrogens (primary N) is 1. The van der Waals surface area contributed by atoms with E-state index < -0.39 is 0 Å². The molecule has 0 radical (unpaired) electrons. The van der Waals surface area contributed by atoms with Crippen molar-refractivity contribution in [3.05, 3.63) is 12.4 Å². The number of hydrogen-bond donors (Lipinski definition) is 2. The van der Waals surface area contributed by atoms with E-state index in [4.69, 9.17) is 12.2 Å². The smallest absolute Gasteiger partial charge is 0.147 e. The Balaban J connectivity index is 2.69. The number of nitrogen functional groups attached to an aromatic ring is 1. The Morgan fingerprint density at radius 1 is 1.69 bits per heavy atom. The van der Waals surface area contributed by atoms with Crippen molar-refractivity contribution in [2.45, 2.75) is 19.4 Å². The van der Waals surface area contributed by atoms with Gasteiger partial charge in [0.25, 0.3) is 0 Å². The Kier molecular flexibility index (Phi) is 3.09. The van der Waals surface area contributed by atoms with Gasteiger partial charge in [0.1, 0.15) is 11.6 Å². The van der Waals surface area contributed by atoms with Crippen molar-refractivity contribution < 1.29 is 0 Å². The standard InChI is InChI=1S/C9H12N4/c1-3-7(4-2)12-9-6-11-5-8(10)13-9/h1,5-7H,4H2,2H3,(H3,10,12,13). The fourth-order valence-corrected chi connectivity index (χ4v) is 0.891. The van der Waals surface area contributed by atoms with Gasteiger partial charge in [-0.05, 0) is 6.42 Å². The van der Waals surface area contributed by atoms with Crippen molar-refractivity contribution in [1.29, 1.82) is 0 Å². The van der Waals surface area contributed by atoms with E-state index >= 15 is 0 Å². The lowest BCUT2D eigenvalue weighted by atomic mass is 10.2. The maximum atomic E-state index is 5.45. The molecule has 0 aliphatic carbocycles. The van der Waals surface area contributed by atoms with Crippen LogP contribution in [0.3, 0.4) is 0 Å². The summed E-state index contributed by atoms with van der Waals surface area (Å²) in [6, 6.07) is -0.0175. The monoisotopic (exact) mass is 176 g/mol. The Morgan fingerprint density at radius 3 is 3.00 bits per heavy atom. The van der Waals surface area contributed by atoms with Crippen LogP contribution in [0, 0.1) is 12.3 Å². The molecular weight excluding hydrogens is 164 g/mol. The van der Waals surface area contributed by atoms with Crippen LogP contribution in [0.5, 0.6) is 0 Å². The molecule has 3 N–H and O–H groups in total. The van der Waals surface area contributed by atoms with Crippen LogP contribution in [0.4, 0.5) is 11.6 Å². The van der Waals surface area contributed by atoms with Crippen LogP contribution in [-0.2, 0) is 0 Å². The van der Waals surface area contributed by atoms with E-state index in [1.54, 1.807) is 6.20 Å². The second-order valence-electron chi connectivity index (χ2n) is 2.60. The molecule has 0 bridgehead atoms. The van der Waals surface area contributed by atoms with E-state index in [1.165, 1.54) is 6.20 Å². The van der Waals surface area contributed by atoms with Gasteiger partial charge in [0.2, 0.25) is 0 Å². The van der Waals surface area contributed by atoms with Crippen LogP contribution in [0.1, 0.15) is 13.3 Å². The Labute approximate surface area is 77.6 Å². The lowest BCUT2D eigenvalue weighted by Crippen LogP contribution is -2.17. The Morgan fingerprint density at radius 2 is 2.46 bits per heavy atom. The Bertz CT molecular complexity index is 316. The van der Waals surface area contributed by atoms with Gasteiger partial charge in [0.05, 0.1) is 18.4 Å². The highest BCUT2D eigenvalue weighted by atomic mass is 15.1. The summed E-state index contributed by atoms with van der Waals surface area (Å²) in [5.74, 6) is 3.60. The molecule has 4 heteroatoms. The summed E-state index contributed by atoms with van der Waals surface area (Å²) in [5.41, 5.74) is 5.45. The normalized spacial score (nSPS) is 11.7. The molecule has 0 saturated heterocycles. The summed E-state index contributed by atoms with van der Waals surface area (Å²) >= 11 is 0. The number of rotatable bonds is 3. The van der Waals surface area contributed by atoms with E-state index in [0.717, 1.165) is 6.42 Å². The van der Waals surface area contributed by atoms with Gasteiger partial charge in [0, 0.05) is 0 Å². The highest BCUT2D eigenvalue weighted by molar-refractivity contribution is 5.40. The van der Waals surface area contributed by atoms with Gasteiger partial charge in [-0.3, -0.25) is 4.98 Å². The zero-order chi connectivity index (χ0) is 9.68.